The lowest BCUT2D eigenvalue weighted by atomic mass is 10.1. The number of rotatable bonds is 3. The monoisotopic (exact) mass is 369 g/mol. The van der Waals surface area contributed by atoms with Crippen LogP contribution in [0.3, 0.4) is 0 Å². The average Bonchev–Trinajstić information content (AvgIpc) is 2.63. The number of hydrogen-bond acceptors (Lipinski definition) is 2. The maximum Gasteiger partial charge on any atom is 0.0848 e. The molecule has 0 aliphatic carbocycles. The molecule has 0 unspecified atom stereocenters. The van der Waals surface area contributed by atoms with Crippen LogP contribution in [0.5, 0.6) is 0 Å². The highest BCUT2D eigenvalue weighted by molar-refractivity contribution is 9.10. The van der Waals surface area contributed by atoms with Gasteiger partial charge in [0.1, 0.15) is 0 Å². The van der Waals surface area contributed by atoms with Crippen LogP contribution in [0.2, 0.25) is 5.02 Å². The second kappa shape index (κ2) is 6.11. The second-order valence-electron chi connectivity index (χ2n) is 6.27. The molecule has 0 bridgehead atoms. The SMILES string of the molecule is Cc1nn(-c2ccc(Br)cc2CNC(C)(C)C)c(C)c1Cl. The van der Waals surface area contributed by atoms with Crippen LogP contribution in [-0.4, -0.2) is 15.3 Å². The van der Waals surface area contributed by atoms with Crippen molar-refractivity contribution in [3.8, 4) is 5.69 Å². The van der Waals surface area contributed by atoms with Crippen LogP contribution >= 0.6 is 27.5 Å². The highest BCUT2D eigenvalue weighted by Gasteiger charge is 2.15. The fraction of sp³-hybridized carbons (Fsp3) is 0.438. The van der Waals surface area contributed by atoms with Gasteiger partial charge in [-0.3, -0.25) is 0 Å². The van der Waals surface area contributed by atoms with E-state index in [2.05, 4.69) is 59.2 Å². The Morgan fingerprint density at radius 2 is 1.95 bits per heavy atom. The first kappa shape index (κ1) is 16.5. The van der Waals surface area contributed by atoms with Gasteiger partial charge in [-0.15, -0.1) is 0 Å². The zero-order chi connectivity index (χ0) is 15.8. The summed E-state index contributed by atoms with van der Waals surface area (Å²) in [4.78, 5) is 0. The van der Waals surface area contributed by atoms with E-state index in [1.807, 2.05) is 24.6 Å². The van der Waals surface area contributed by atoms with E-state index in [1.165, 1.54) is 5.56 Å². The molecule has 0 aliphatic heterocycles. The Labute approximate surface area is 139 Å². The maximum absolute atomic E-state index is 6.27. The Kier molecular flexibility index (Phi) is 4.81. The van der Waals surface area contributed by atoms with E-state index in [0.29, 0.717) is 0 Å². The zero-order valence-corrected chi connectivity index (χ0v) is 15.4. The van der Waals surface area contributed by atoms with Crippen LogP contribution in [0.25, 0.3) is 5.69 Å². The lowest BCUT2D eigenvalue weighted by Gasteiger charge is -2.22. The standard InChI is InChI=1S/C16H21BrClN3/c1-10-15(18)11(2)21(20-10)14-7-6-13(17)8-12(14)9-19-16(3,4)5/h6-8,19H,9H2,1-5H3. The summed E-state index contributed by atoms with van der Waals surface area (Å²) in [6.45, 7) is 11.2. The molecule has 0 spiro atoms. The molecule has 0 saturated carbocycles. The molecule has 1 aromatic carbocycles. The van der Waals surface area contributed by atoms with Crippen molar-refractivity contribution in [2.24, 2.45) is 0 Å². The average molecular weight is 371 g/mol. The molecule has 0 atom stereocenters. The van der Waals surface area contributed by atoms with Crippen LogP contribution in [0.4, 0.5) is 0 Å². The number of aryl methyl sites for hydroxylation is 1. The minimum Gasteiger partial charge on any atom is -0.308 e. The van der Waals surface area contributed by atoms with Gasteiger partial charge >= 0.3 is 0 Å². The Morgan fingerprint density at radius 1 is 1.29 bits per heavy atom. The van der Waals surface area contributed by atoms with Gasteiger partial charge in [-0.05, 0) is 58.4 Å². The van der Waals surface area contributed by atoms with Gasteiger partial charge in [0.15, 0.2) is 0 Å². The predicted octanol–water partition coefficient (Wildman–Crippen LogP) is 4.79. The predicted molar refractivity (Wildman–Crippen MR) is 92.3 cm³/mol. The third kappa shape index (κ3) is 3.87. The number of nitrogens with one attached hydrogen (secondary N) is 1. The summed E-state index contributed by atoms with van der Waals surface area (Å²) in [5, 5.41) is 8.81. The summed E-state index contributed by atoms with van der Waals surface area (Å²) in [6.07, 6.45) is 0. The van der Waals surface area contributed by atoms with Crippen molar-refractivity contribution in [2.75, 3.05) is 0 Å². The van der Waals surface area contributed by atoms with Gasteiger partial charge < -0.3 is 5.32 Å². The van der Waals surface area contributed by atoms with E-state index in [1.54, 1.807) is 0 Å². The van der Waals surface area contributed by atoms with Crippen LogP contribution in [0.1, 0.15) is 37.7 Å². The normalized spacial score (nSPS) is 12.0. The van der Waals surface area contributed by atoms with Gasteiger partial charge in [-0.2, -0.15) is 5.10 Å². The third-order valence-electron chi connectivity index (χ3n) is 3.28. The molecule has 21 heavy (non-hydrogen) atoms. The van der Waals surface area contributed by atoms with Crippen molar-refractivity contribution in [3.05, 3.63) is 44.6 Å². The summed E-state index contributed by atoms with van der Waals surface area (Å²) in [6, 6.07) is 6.22. The van der Waals surface area contributed by atoms with Crippen molar-refractivity contribution < 1.29 is 0 Å². The first-order chi connectivity index (χ1) is 9.69. The van der Waals surface area contributed by atoms with Crippen LogP contribution in [-0.2, 0) is 6.54 Å². The molecule has 5 heteroatoms. The minimum atomic E-state index is 0.0618. The molecule has 2 aromatic rings. The molecule has 2 rings (SSSR count). The molecule has 0 fully saturated rings. The minimum absolute atomic E-state index is 0.0618. The molecule has 0 aliphatic rings. The topological polar surface area (TPSA) is 29.9 Å². The summed E-state index contributed by atoms with van der Waals surface area (Å²) in [7, 11) is 0. The summed E-state index contributed by atoms with van der Waals surface area (Å²) < 4.78 is 2.98. The highest BCUT2D eigenvalue weighted by Crippen LogP contribution is 2.26. The van der Waals surface area contributed by atoms with Crippen molar-refractivity contribution in [1.29, 1.82) is 0 Å². The third-order valence-corrected chi connectivity index (χ3v) is 4.32. The quantitative estimate of drug-likeness (QED) is 0.841. The molecule has 114 valence electrons. The molecule has 1 aromatic heterocycles. The zero-order valence-electron chi connectivity index (χ0n) is 13.1. The molecular weight excluding hydrogens is 350 g/mol. The van der Waals surface area contributed by atoms with Crippen molar-refractivity contribution in [3.63, 3.8) is 0 Å². The van der Waals surface area contributed by atoms with Crippen molar-refractivity contribution >= 4 is 27.5 Å². The van der Waals surface area contributed by atoms with Gasteiger partial charge in [-0.25, -0.2) is 4.68 Å². The van der Waals surface area contributed by atoms with E-state index in [9.17, 15) is 0 Å². The van der Waals surface area contributed by atoms with E-state index in [4.69, 9.17) is 11.6 Å². The van der Waals surface area contributed by atoms with Crippen LogP contribution in [0.15, 0.2) is 22.7 Å². The number of hydrogen-bond donors (Lipinski definition) is 1. The molecule has 0 radical (unpaired) electrons. The Morgan fingerprint density at radius 3 is 2.48 bits per heavy atom. The van der Waals surface area contributed by atoms with Crippen molar-refractivity contribution in [2.45, 2.75) is 46.7 Å². The van der Waals surface area contributed by atoms with Crippen LogP contribution < -0.4 is 5.32 Å². The largest absolute Gasteiger partial charge is 0.308 e. The van der Waals surface area contributed by atoms with Crippen LogP contribution in [0, 0.1) is 13.8 Å². The molecule has 0 amide bonds. The number of nitrogens with zero attached hydrogens (tertiary/aromatic N) is 2. The Bertz CT molecular complexity index is 656. The van der Waals surface area contributed by atoms with Gasteiger partial charge in [0.25, 0.3) is 0 Å². The van der Waals surface area contributed by atoms with Crippen molar-refractivity contribution in [1.82, 2.24) is 15.1 Å². The smallest absolute Gasteiger partial charge is 0.0848 e. The number of aromatic nitrogens is 2. The highest BCUT2D eigenvalue weighted by atomic mass is 79.9. The lowest BCUT2D eigenvalue weighted by Crippen LogP contribution is -2.35. The first-order valence-electron chi connectivity index (χ1n) is 6.94. The number of halogens is 2. The van der Waals surface area contributed by atoms with Gasteiger partial charge in [0.05, 0.1) is 22.1 Å². The summed E-state index contributed by atoms with van der Waals surface area (Å²) >= 11 is 9.82. The van der Waals surface area contributed by atoms with Gasteiger partial charge in [-0.1, -0.05) is 27.5 Å². The Balaban J connectivity index is 2.46. The molecule has 3 nitrogen and oxygen atoms in total. The number of benzene rings is 1. The summed E-state index contributed by atoms with van der Waals surface area (Å²) in [5.41, 5.74) is 4.12. The maximum atomic E-state index is 6.27. The van der Waals surface area contributed by atoms with Gasteiger partial charge in [0.2, 0.25) is 0 Å². The van der Waals surface area contributed by atoms with E-state index >= 15 is 0 Å². The molecule has 0 saturated heterocycles. The molecular formula is C16H21BrClN3. The first-order valence-corrected chi connectivity index (χ1v) is 8.11. The van der Waals surface area contributed by atoms with E-state index in [-0.39, 0.29) is 5.54 Å². The fourth-order valence-electron chi connectivity index (χ4n) is 2.12. The Hall–Kier alpha value is -0.840. The summed E-state index contributed by atoms with van der Waals surface area (Å²) in [5.74, 6) is 0. The van der Waals surface area contributed by atoms with E-state index in [0.717, 1.165) is 33.1 Å². The second-order valence-corrected chi connectivity index (χ2v) is 7.57. The fourth-order valence-corrected chi connectivity index (χ4v) is 2.65. The molecule has 1 N–H and O–H groups in total. The van der Waals surface area contributed by atoms with Gasteiger partial charge in [0, 0.05) is 16.6 Å². The lowest BCUT2D eigenvalue weighted by molar-refractivity contribution is 0.423. The van der Waals surface area contributed by atoms with E-state index < -0.39 is 0 Å². The molecule has 1 heterocycles.